The van der Waals surface area contributed by atoms with Crippen LogP contribution in [0.4, 0.5) is 11.4 Å². The molecule has 0 spiro atoms. The van der Waals surface area contributed by atoms with Gasteiger partial charge in [0.15, 0.2) is 5.75 Å². The van der Waals surface area contributed by atoms with Crippen LogP contribution in [0, 0.1) is 10.1 Å². The Morgan fingerprint density at radius 2 is 2.14 bits per heavy atom. The molecular weight excluding hydrogens is 286 g/mol. The summed E-state index contributed by atoms with van der Waals surface area (Å²) in [7, 11) is 3.34. The summed E-state index contributed by atoms with van der Waals surface area (Å²) in [6, 6.07) is 4.36. The van der Waals surface area contributed by atoms with Crippen molar-refractivity contribution in [2.45, 2.75) is 26.2 Å². The van der Waals surface area contributed by atoms with Crippen LogP contribution >= 0.6 is 0 Å². The maximum atomic E-state index is 11.9. The molecule has 0 saturated heterocycles. The zero-order chi connectivity index (χ0) is 16.5. The number of ether oxygens (including phenoxy) is 1. The predicted molar refractivity (Wildman–Crippen MR) is 85.3 cm³/mol. The first-order valence-electron chi connectivity index (χ1n) is 7.28. The number of anilines is 1. The Morgan fingerprint density at radius 1 is 1.41 bits per heavy atom. The highest BCUT2D eigenvalue weighted by atomic mass is 16.6. The first kappa shape index (κ1) is 17.9. The van der Waals surface area contributed by atoms with E-state index in [-0.39, 0.29) is 17.3 Å². The third kappa shape index (κ3) is 5.69. The Balaban J connectivity index is 2.57. The minimum Gasteiger partial charge on any atom is -0.490 e. The van der Waals surface area contributed by atoms with Gasteiger partial charge in [0.25, 0.3) is 0 Å². The topological polar surface area (TPSA) is 84.7 Å². The van der Waals surface area contributed by atoms with Crippen LogP contribution in [0.1, 0.15) is 26.2 Å². The molecule has 0 unspecified atom stereocenters. The quantitative estimate of drug-likeness (QED) is 0.560. The highest BCUT2D eigenvalue weighted by Crippen LogP contribution is 2.29. The van der Waals surface area contributed by atoms with Gasteiger partial charge in [-0.15, -0.1) is 0 Å². The van der Waals surface area contributed by atoms with Crippen molar-refractivity contribution in [1.29, 1.82) is 0 Å². The van der Waals surface area contributed by atoms with E-state index in [9.17, 15) is 14.9 Å². The van der Waals surface area contributed by atoms with Crippen molar-refractivity contribution in [2.24, 2.45) is 0 Å². The lowest BCUT2D eigenvalue weighted by Gasteiger charge is -2.15. The summed E-state index contributed by atoms with van der Waals surface area (Å²) in [5.74, 6) is 0.00473. The normalized spacial score (nSPS) is 10.5. The van der Waals surface area contributed by atoms with Gasteiger partial charge in [-0.2, -0.15) is 0 Å². The molecule has 7 heteroatoms. The fraction of sp³-hybridized carbons (Fsp3) is 0.533. The Labute approximate surface area is 130 Å². The lowest BCUT2D eigenvalue weighted by molar-refractivity contribution is -0.385. The molecule has 0 heterocycles. The number of benzene rings is 1. The van der Waals surface area contributed by atoms with Crippen LogP contribution in [0.15, 0.2) is 18.2 Å². The molecule has 7 nitrogen and oxygen atoms in total. The van der Waals surface area contributed by atoms with Crippen molar-refractivity contribution in [2.75, 3.05) is 32.6 Å². The lowest BCUT2D eigenvalue weighted by Crippen LogP contribution is -2.25. The Morgan fingerprint density at radius 3 is 2.73 bits per heavy atom. The van der Waals surface area contributed by atoms with Gasteiger partial charge in [-0.25, -0.2) is 0 Å². The monoisotopic (exact) mass is 309 g/mol. The number of hydrogen-bond acceptors (Lipinski definition) is 5. The minimum absolute atomic E-state index is 0.164. The number of amides is 1. The molecule has 0 aliphatic rings. The second-order valence-corrected chi connectivity index (χ2v) is 5.10. The van der Waals surface area contributed by atoms with E-state index in [0.29, 0.717) is 18.7 Å². The van der Waals surface area contributed by atoms with Gasteiger partial charge in [-0.05, 0) is 32.1 Å². The SMILES string of the molecule is CCCCN(C)CCC(=O)Nc1ccc(OC)c([N+](=O)[O-])c1. The second kappa shape index (κ2) is 8.99. The van der Waals surface area contributed by atoms with E-state index < -0.39 is 4.92 Å². The van der Waals surface area contributed by atoms with Crippen molar-refractivity contribution in [3.63, 3.8) is 0 Å². The predicted octanol–water partition coefficient (Wildman–Crippen LogP) is 2.66. The summed E-state index contributed by atoms with van der Waals surface area (Å²) in [6.45, 7) is 3.74. The first-order valence-corrected chi connectivity index (χ1v) is 7.28. The third-order valence-corrected chi connectivity index (χ3v) is 3.27. The van der Waals surface area contributed by atoms with Crippen LogP contribution in [-0.2, 0) is 4.79 Å². The van der Waals surface area contributed by atoms with Gasteiger partial charge in [0.1, 0.15) is 0 Å². The van der Waals surface area contributed by atoms with Gasteiger partial charge < -0.3 is 15.0 Å². The highest BCUT2D eigenvalue weighted by molar-refractivity contribution is 5.91. The molecule has 1 N–H and O–H groups in total. The van der Waals surface area contributed by atoms with Crippen molar-refractivity contribution in [3.05, 3.63) is 28.3 Å². The van der Waals surface area contributed by atoms with Gasteiger partial charge >= 0.3 is 5.69 Å². The van der Waals surface area contributed by atoms with Crippen LogP contribution in [0.2, 0.25) is 0 Å². The summed E-state index contributed by atoms with van der Waals surface area (Å²) >= 11 is 0. The number of nitro groups is 1. The van der Waals surface area contributed by atoms with Gasteiger partial charge in [0, 0.05) is 24.7 Å². The summed E-state index contributed by atoms with van der Waals surface area (Å²) in [5.41, 5.74) is 0.231. The number of carbonyl (C=O) groups is 1. The summed E-state index contributed by atoms with van der Waals surface area (Å²) in [6.07, 6.45) is 2.56. The first-order chi connectivity index (χ1) is 10.5. The fourth-order valence-corrected chi connectivity index (χ4v) is 1.97. The largest absolute Gasteiger partial charge is 0.490 e. The van der Waals surface area contributed by atoms with Crippen LogP contribution < -0.4 is 10.1 Å². The standard InChI is InChI=1S/C15H23N3O4/c1-4-5-9-17(2)10-8-15(19)16-12-6-7-14(22-3)13(11-12)18(20)21/h6-7,11H,4-5,8-10H2,1-3H3,(H,16,19). The molecule has 0 fully saturated rings. The third-order valence-electron chi connectivity index (χ3n) is 3.27. The smallest absolute Gasteiger partial charge is 0.312 e. The average molecular weight is 309 g/mol. The number of methoxy groups -OCH3 is 1. The lowest BCUT2D eigenvalue weighted by atomic mass is 10.2. The van der Waals surface area contributed by atoms with Gasteiger partial charge in [-0.1, -0.05) is 13.3 Å². The molecule has 0 aliphatic heterocycles. The van der Waals surface area contributed by atoms with Crippen molar-refractivity contribution >= 4 is 17.3 Å². The highest BCUT2D eigenvalue weighted by Gasteiger charge is 2.16. The van der Waals surface area contributed by atoms with Gasteiger partial charge in [-0.3, -0.25) is 14.9 Å². The molecule has 0 aromatic heterocycles. The molecule has 1 rings (SSSR count). The van der Waals surface area contributed by atoms with E-state index in [2.05, 4.69) is 17.1 Å². The van der Waals surface area contributed by atoms with E-state index in [0.717, 1.165) is 19.4 Å². The van der Waals surface area contributed by atoms with E-state index in [4.69, 9.17) is 4.74 Å². The van der Waals surface area contributed by atoms with Crippen LogP contribution in [0.25, 0.3) is 0 Å². The fourth-order valence-electron chi connectivity index (χ4n) is 1.97. The van der Waals surface area contributed by atoms with Crippen LogP contribution in [0.3, 0.4) is 0 Å². The molecular formula is C15H23N3O4. The Hall–Kier alpha value is -2.15. The molecule has 1 amide bonds. The number of hydrogen-bond donors (Lipinski definition) is 1. The van der Waals surface area contributed by atoms with Crippen molar-refractivity contribution < 1.29 is 14.5 Å². The Bertz CT molecular complexity index is 520. The second-order valence-electron chi connectivity index (χ2n) is 5.10. The zero-order valence-corrected chi connectivity index (χ0v) is 13.3. The molecule has 1 aromatic rings. The number of nitrogens with zero attached hydrogens (tertiary/aromatic N) is 2. The van der Waals surface area contributed by atoms with Crippen molar-refractivity contribution in [3.8, 4) is 5.75 Å². The summed E-state index contributed by atoms with van der Waals surface area (Å²) < 4.78 is 4.92. The number of unbranched alkanes of at least 4 members (excludes halogenated alkanes) is 1. The summed E-state index contributed by atoms with van der Waals surface area (Å²) in [5, 5.41) is 13.6. The molecule has 0 atom stereocenters. The maximum Gasteiger partial charge on any atom is 0.312 e. The van der Waals surface area contributed by atoms with E-state index >= 15 is 0 Å². The van der Waals surface area contributed by atoms with E-state index in [1.807, 2.05) is 7.05 Å². The molecule has 0 bridgehead atoms. The molecule has 1 aromatic carbocycles. The minimum atomic E-state index is -0.535. The van der Waals surface area contributed by atoms with Gasteiger partial charge in [0.2, 0.25) is 5.91 Å². The molecule has 0 saturated carbocycles. The molecule has 122 valence electrons. The molecule has 0 aliphatic carbocycles. The van der Waals surface area contributed by atoms with Crippen LogP contribution in [-0.4, -0.2) is 43.0 Å². The van der Waals surface area contributed by atoms with E-state index in [1.54, 1.807) is 6.07 Å². The number of carbonyl (C=O) groups excluding carboxylic acids is 1. The van der Waals surface area contributed by atoms with Crippen LogP contribution in [0.5, 0.6) is 5.75 Å². The number of nitrogens with one attached hydrogen (secondary N) is 1. The Kier molecular flexibility index (Phi) is 7.31. The average Bonchev–Trinajstić information content (AvgIpc) is 2.50. The van der Waals surface area contributed by atoms with Crippen molar-refractivity contribution in [1.82, 2.24) is 4.90 Å². The summed E-state index contributed by atoms with van der Waals surface area (Å²) in [4.78, 5) is 24.4. The van der Waals surface area contributed by atoms with E-state index in [1.165, 1.54) is 19.2 Å². The molecule has 22 heavy (non-hydrogen) atoms. The zero-order valence-electron chi connectivity index (χ0n) is 13.3. The molecule has 0 radical (unpaired) electrons. The number of rotatable bonds is 9. The maximum absolute atomic E-state index is 11.9. The number of nitro benzene ring substituents is 1. The van der Waals surface area contributed by atoms with Gasteiger partial charge in [0.05, 0.1) is 12.0 Å².